The Kier molecular flexibility index (Phi) is 6.06. The fourth-order valence-corrected chi connectivity index (χ4v) is 0.483. The van der Waals surface area contributed by atoms with Crippen molar-refractivity contribution in [3.63, 3.8) is 0 Å². The maximum Gasteiger partial charge on any atom is -0.00487 e. The lowest BCUT2D eigenvalue weighted by Gasteiger charge is -1.90. The Hall–Kier alpha value is -0.520. The van der Waals surface area contributed by atoms with Crippen molar-refractivity contribution in [2.75, 3.05) is 13.6 Å². The highest BCUT2D eigenvalue weighted by Gasteiger charge is 1.76. The van der Waals surface area contributed by atoms with Crippen LogP contribution in [-0.2, 0) is 0 Å². The average molecular weight is 111 g/mol. The zero-order chi connectivity index (χ0) is 6.24. The molecule has 0 aliphatic rings. The van der Waals surface area contributed by atoms with Gasteiger partial charge in [-0.3, -0.25) is 0 Å². The lowest BCUT2D eigenvalue weighted by Crippen LogP contribution is -2.06. The monoisotopic (exact) mass is 111 g/mol. The highest BCUT2D eigenvalue weighted by Crippen LogP contribution is 1.85. The second kappa shape index (κ2) is 6.48. The largest absolute Gasteiger partial charge is 0.320 e. The van der Waals surface area contributed by atoms with Crippen LogP contribution in [0, 0.1) is 0 Å². The molecule has 0 aliphatic carbocycles. The molecule has 0 aromatic carbocycles. The van der Waals surface area contributed by atoms with Crippen molar-refractivity contribution in [1.29, 1.82) is 0 Å². The molecule has 0 fully saturated rings. The molecule has 46 valence electrons. The molecular weight excluding hydrogens is 98.1 g/mol. The van der Waals surface area contributed by atoms with Gasteiger partial charge >= 0.3 is 0 Å². The fraction of sp³-hybridized carbons (Fsp3) is 0.571. The van der Waals surface area contributed by atoms with Crippen LogP contribution < -0.4 is 5.32 Å². The van der Waals surface area contributed by atoms with Gasteiger partial charge < -0.3 is 5.32 Å². The number of rotatable bonds is 4. The van der Waals surface area contributed by atoms with Gasteiger partial charge in [-0.15, -0.1) is 5.73 Å². The van der Waals surface area contributed by atoms with Crippen LogP contribution >= 0.6 is 0 Å². The molecule has 0 heterocycles. The summed E-state index contributed by atoms with van der Waals surface area (Å²) in [6, 6.07) is 0. The first-order valence-electron chi connectivity index (χ1n) is 2.90. The number of unbranched alkanes of at least 4 members (excludes halogenated alkanes) is 1. The molecule has 0 atom stereocenters. The van der Waals surface area contributed by atoms with E-state index in [4.69, 9.17) is 0 Å². The normalized spacial score (nSPS) is 8.12. The molecule has 0 aromatic rings. The molecular formula is C7H13N. The van der Waals surface area contributed by atoms with Gasteiger partial charge in [0.2, 0.25) is 0 Å². The van der Waals surface area contributed by atoms with Gasteiger partial charge in [0.15, 0.2) is 0 Å². The number of hydrogen-bond acceptors (Lipinski definition) is 1. The Labute approximate surface area is 51.1 Å². The topological polar surface area (TPSA) is 12.0 Å². The summed E-state index contributed by atoms with van der Waals surface area (Å²) < 4.78 is 0. The molecule has 0 amide bonds. The van der Waals surface area contributed by atoms with Crippen molar-refractivity contribution in [1.82, 2.24) is 5.32 Å². The SMILES string of the molecule is C=C=CCCCNC. The second-order valence-corrected chi connectivity index (χ2v) is 1.65. The van der Waals surface area contributed by atoms with Crippen LogP contribution in [0.25, 0.3) is 0 Å². The molecule has 0 radical (unpaired) electrons. The lowest BCUT2D eigenvalue weighted by atomic mass is 10.3. The minimum Gasteiger partial charge on any atom is -0.320 e. The van der Waals surface area contributed by atoms with Gasteiger partial charge in [0.1, 0.15) is 0 Å². The van der Waals surface area contributed by atoms with Crippen LogP contribution in [0.3, 0.4) is 0 Å². The maximum absolute atomic E-state index is 3.46. The summed E-state index contributed by atoms with van der Waals surface area (Å²) in [5, 5.41) is 3.06. The smallest absolute Gasteiger partial charge is 0.00487 e. The second-order valence-electron chi connectivity index (χ2n) is 1.65. The zero-order valence-corrected chi connectivity index (χ0v) is 5.41. The molecule has 0 unspecified atom stereocenters. The third kappa shape index (κ3) is 5.48. The van der Waals surface area contributed by atoms with Crippen LogP contribution in [0.2, 0.25) is 0 Å². The summed E-state index contributed by atoms with van der Waals surface area (Å²) in [4.78, 5) is 0. The van der Waals surface area contributed by atoms with E-state index in [1.165, 1.54) is 6.42 Å². The van der Waals surface area contributed by atoms with Gasteiger partial charge in [0.25, 0.3) is 0 Å². The minimum absolute atomic E-state index is 1.08. The molecule has 8 heavy (non-hydrogen) atoms. The molecule has 1 N–H and O–H groups in total. The van der Waals surface area contributed by atoms with E-state index >= 15 is 0 Å². The third-order valence-corrected chi connectivity index (χ3v) is 0.920. The average Bonchev–Trinajstić information content (AvgIpc) is 1.81. The van der Waals surface area contributed by atoms with Gasteiger partial charge in [0, 0.05) is 0 Å². The lowest BCUT2D eigenvalue weighted by molar-refractivity contribution is 0.736. The first-order chi connectivity index (χ1) is 3.91. The molecule has 1 heteroatoms. The predicted octanol–water partition coefficient (Wildman–Crippen LogP) is 1.33. The van der Waals surface area contributed by atoms with Crippen molar-refractivity contribution >= 4 is 0 Å². The number of nitrogens with one attached hydrogen (secondary N) is 1. The summed E-state index contributed by atoms with van der Waals surface area (Å²) in [7, 11) is 1.96. The van der Waals surface area contributed by atoms with E-state index in [9.17, 15) is 0 Å². The summed E-state index contributed by atoms with van der Waals surface area (Å²) >= 11 is 0. The minimum atomic E-state index is 1.08. The number of hydrogen-bond donors (Lipinski definition) is 1. The molecule has 0 saturated carbocycles. The Morgan fingerprint density at radius 1 is 1.75 bits per heavy atom. The van der Waals surface area contributed by atoms with E-state index in [0.717, 1.165) is 13.0 Å². The Bertz CT molecular complexity index is 80.4. The zero-order valence-electron chi connectivity index (χ0n) is 5.41. The highest BCUT2D eigenvalue weighted by molar-refractivity contribution is 4.75. The maximum atomic E-state index is 3.46. The summed E-state index contributed by atoms with van der Waals surface area (Å²) in [5.41, 5.74) is 2.72. The molecule has 0 spiro atoms. The summed E-state index contributed by atoms with van der Waals surface area (Å²) in [6.45, 7) is 4.54. The van der Waals surface area contributed by atoms with Crippen LogP contribution in [0.15, 0.2) is 18.4 Å². The van der Waals surface area contributed by atoms with Crippen LogP contribution in [0.4, 0.5) is 0 Å². The van der Waals surface area contributed by atoms with Gasteiger partial charge in [0.05, 0.1) is 0 Å². The van der Waals surface area contributed by atoms with Crippen LogP contribution in [0.1, 0.15) is 12.8 Å². The van der Waals surface area contributed by atoms with E-state index in [2.05, 4.69) is 17.6 Å². The van der Waals surface area contributed by atoms with Gasteiger partial charge in [-0.2, -0.15) is 0 Å². The van der Waals surface area contributed by atoms with E-state index in [-0.39, 0.29) is 0 Å². The van der Waals surface area contributed by atoms with Crippen molar-refractivity contribution < 1.29 is 0 Å². The quantitative estimate of drug-likeness (QED) is 0.426. The molecule has 0 saturated heterocycles. The van der Waals surface area contributed by atoms with Gasteiger partial charge in [-0.1, -0.05) is 6.58 Å². The molecule has 1 nitrogen and oxygen atoms in total. The molecule has 0 aromatic heterocycles. The first kappa shape index (κ1) is 7.48. The standard InChI is InChI=1S/C7H13N/c1-3-4-5-6-7-8-2/h4,8H,1,5-7H2,2H3. The Morgan fingerprint density at radius 3 is 3.00 bits per heavy atom. The summed E-state index contributed by atoms with van der Waals surface area (Å²) in [5.74, 6) is 0. The van der Waals surface area contributed by atoms with Crippen molar-refractivity contribution in [2.24, 2.45) is 0 Å². The third-order valence-electron chi connectivity index (χ3n) is 0.920. The van der Waals surface area contributed by atoms with Crippen molar-refractivity contribution in [2.45, 2.75) is 12.8 Å². The van der Waals surface area contributed by atoms with E-state index in [1.54, 1.807) is 0 Å². The van der Waals surface area contributed by atoms with Gasteiger partial charge in [-0.05, 0) is 32.5 Å². The molecule has 0 bridgehead atoms. The van der Waals surface area contributed by atoms with E-state index in [0.29, 0.717) is 0 Å². The predicted molar refractivity (Wildman–Crippen MR) is 36.9 cm³/mol. The first-order valence-corrected chi connectivity index (χ1v) is 2.90. The molecule has 0 rings (SSSR count). The van der Waals surface area contributed by atoms with Gasteiger partial charge in [-0.25, -0.2) is 0 Å². The number of allylic oxidation sites excluding steroid dienone is 1. The van der Waals surface area contributed by atoms with Crippen molar-refractivity contribution in [3.8, 4) is 0 Å². The van der Waals surface area contributed by atoms with E-state index in [1.807, 2.05) is 13.1 Å². The summed E-state index contributed by atoms with van der Waals surface area (Å²) in [6.07, 6.45) is 4.22. The van der Waals surface area contributed by atoms with Crippen molar-refractivity contribution in [3.05, 3.63) is 18.4 Å². The Balaban J connectivity index is 2.82. The fourth-order valence-electron chi connectivity index (χ4n) is 0.483. The van der Waals surface area contributed by atoms with E-state index < -0.39 is 0 Å². The highest BCUT2D eigenvalue weighted by atomic mass is 14.8. The van der Waals surface area contributed by atoms with Crippen LogP contribution in [0.5, 0.6) is 0 Å². The Morgan fingerprint density at radius 2 is 2.50 bits per heavy atom. The molecule has 0 aliphatic heterocycles. The van der Waals surface area contributed by atoms with Crippen LogP contribution in [-0.4, -0.2) is 13.6 Å².